The van der Waals surface area contributed by atoms with Gasteiger partial charge < -0.3 is 0 Å². The van der Waals surface area contributed by atoms with Crippen LogP contribution >= 0.6 is 11.6 Å². The Balaban J connectivity index is 1.96. The second-order valence-corrected chi connectivity index (χ2v) is 4.19. The number of nitrogens with zero attached hydrogens (tertiary/aromatic N) is 1. The van der Waals surface area contributed by atoms with Crippen molar-refractivity contribution in [3.63, 3.8) is 0 Å². The van der Waals surface area contributed by atoms with Crippen molar-refractivity contribution < 1.29 is 9.18 Å². The molecule has 0 fully saturated rings. The molecule has 0 bridgehead atoms. The summed E-state index contributed by atoms with van der Waals surface area (Å²) in [4.78, 5) is 11.7. The van der Waals surface area contributed by atoms with Crippen LogP contribution in [0.1, 0.15) is 15.9 Å². The third kappa shape index (κ3) is 3.89. The molecule has 0 unspecified atom stereocenters. The molecule has 1 amide bonds. The molecule has 2 aromatic rings. The lowest BCUT2D eigenvalue weighted by atomic mass is 10.2. The standard InChI is InChI=1S/C14H10ClFN2O/c15-12-5-3-11(4-6-12)14(19)18-17-9-10-1-7-13(16)8-2-10/h1-9H,(H,18,19)/b17-9+. The van der Waals surface area contributed by atoms with E-state index in [4.69, 9.17) is 11.6 Å². The van der Waals surface area contributed by atoms with Crippen molar-refractivity contribution in [2.45, 2.75) is 0 Å². The minimum atomic E-state index is -0.338. The molecule has 2 rings (SSSR count). The van der Waals surface area contributed by atoms with Gasteiger partial charge in [0, 0.05) is 10.6 Å². The zero-order valence-corrected chi connectivity index (χ0v) is 10.6. The van der Waals surface area contributed by atoms with Gasteiger partial charge in [-0.3, -0.25) is 4.79 Å². The van der Waals surface area contributed by atoms with Crippen molar-refractivity contribution in [3.05, 3.63) is 70.5 Å². The molecule has 0 saturated heterocycles. The molecule has 0 aliphatic heterocycles. The van der Waals surface area contributed by atoms with Crippen LogP contribution in [0.3, 0.4) is 0 Å². The first-order chi connectivity index (χ1) is 9.15. The Labute approximate surface area is 114 Å². The Morgan fingerprint density at radius 1 is 1.11 bits per heavy atom. The summed E-state index contributed by atoms with van der Waals surface area (Å²) in [6.45, 7) is 0. The molecule has 0 aromatic heterocycles. The zero-order valence-electron chi connectivity index (χ0n) is 9.81. The number of halogens is 2. The molecule has 0 aliphatic rings. The number of hydrogen-bond donors (Lipinski definition) is 1. The van der Waals surface area contributed by atoms with Crippen LogP contribution in [-0.4, -0.2) is 12.1 Å². The summed E-state index contributed by atoms with van der Waals surface area (Å²) in [5.41, 5.74) is 3.53. The lowest BCUT2D eigenvalue weighted by molar-refractivity contribution is 0.0955. The number of rotatable bonds is 3. The predicted octanol–water partition coefficient (Wildman–Crippen LogP) is 3.24. The average molecular weight is 277 g/mol. The largest absolute Gasteiger partial charge is 0.271 e. The van der Waals surface area contributed by atoms with Gasteiger partial charge in [0.05, 0.1) is 6.21 Å². The Bertz CT molecular complexity index is 594. The Kier molecular flexibility index (Phi) is 4.26. The van der Waals surface area contributed by atoms with Gasteiger partial charge in [0.15, 0.2) is 0 Å². The molecule has 0 radical (unpaired) electrons. The fraction of sp³-hybridized carbons (Fsp3) is 0. The molecule has 2 aromatic carbocycles. The van der Waals surface area contributed by atoms with Crippen molar-refractivity contribution in [1.29, 1.82) is 0 Å². The Morgan fingerprint density at radius 2 is 1.74 bits per heavy atom. The van der Waals surface area contributed by atoms with Gasteiger partial charge in [-0.15, -0.1) is 0 Å². The average Bonchev–Trinajstić information content (AvgIpc) is 2.41. The highest BCUT2D eigenvalue weighted by Crippen LogP contribution is 2.09. The molecule has 3 nitrogen and oxygen atoms in total. The van der Waals surface area contributed by atoms with Gasteiger partial charge in [0.2, 0.25) is 0 Å². The van der Waals surface area contributed by atoms with Crippen molar-refractivity contribution in [2.24, 2.45) is 5.10 Å². The van der Waals surface area contributed by atoms with Crippen LogP contribution in [-0.2, 0) is 0 Å². The van der Waals surface area contributed by atoms with Crippen LogP contribution in [0.5, 0.6) is 0 Å². The fourth-order valence-electron chi connectivity index (χ4n) is 1.38. The predicted molar refractivity (Wildman–Crippen MR) is 72.9 cm³/mol. The van der Waals surface area contributed by atoms with E-state index in [0.717, 1.165) is 0 Å². The van der Waals surface area contributed by atoms with Gasteiger partial charge in [0.25, 0.3) is 5.91 Å². The van der Waals surface area contributed by atoms with E-state index in [2.05, 4.69) is 10.5 Å². The molecule has 0 aliphatic carbocycles. The summed E-state index contributed by atoms with van der Waals surface area (Å²) in [6, 6.07) is 12.2. The van der Waals surface area contributed by atoms with E-state index in [-0.39, 0.29) is 11.7 Å². The van der Waals surface area contributed by atoms with E-state index in [0.29, 0.717) is 16.1 Å². The van der Waals surface area contributed by atoms with Crippen LogP contribution in [0.4, 0.5) is 4.39 Å². The summed E-state index contributed by atoms with van der Waals surface area (Å²) < 4.78 is 12.7. The van der Waals surface area contributed by atoms with Gasteiger partial charge in [0.1, 0.15) is 5.82 Å². The fourth-order valence-corrected chi connectivity index (χ4v) is 1.51. The van der Waals surface area contributed by atoms with E-state index in [1.165, 1.54) is 18.3 Å². The van der Waals surface area contributed by atoms with Crippen molar-refractivity contribution in [3.8, 4) is 0 Å². The van der Waals surface area contributed by atoms with Crippen LogP contribution in [0, 0.1) is 5.82 Å². The Morgan fingerprint density at radius 3 is 2.37 bits per heavy atom. The summed E-state index contributed by atoms with van der Waals surface area (Å²) in [7, 11) is 0. The minimum absolute atomic E-state index is 0.317. The molecule has 0 spiro atoms. The Hall–Kier alpha value is -2.20. The maximum absolute atomic E-state index is 12.7. The molecule has 1 N–H and O–H groups in total. The van der Waals surface area contributed by atoms with E-state index < -0.39 is 0 Å². The first-order valence-electron chi connectivity index (χ1n) is 5.50. The van der Waals surface area contributed by atoms with Crippen molar-refractivity contribution >= 4 is 23.7 Å². The molecule has 19 heavy (non-hydrogen) atoms. The second-order valence-electron chi connectivity index (χ2n) is 3.76. The second kappa shape index (κ2) is 6.11. The molecular weight excluding hydrogens is 267 g/mol. The highest BCUT2D eigenvalue weighted by molar-refractivity contribution is 6.30. The van der Waals surface area contributed by atoms with Gasteiger partial charge >= 0.3 is 0 Å². The van der Waals surface area contributed by atoms with Crippen molar-refractivity contribution in [1.82, 2.24) is 5.43 Å². The summed E-state index contributed by atoms with van der Waals surface area (Å²) >= 11 is 5.72. The number of benzene rings is 2. The number of amides is 1. The monoisotopic (exact) mass is 276 g/mol. The molecule has 0 atom stereocenters. The molecule has 0 saturated carbocycles. The third-order valence-corrected chi connectivity index (χ3v) is 2.61. The van der Waals surface area contributed by atoms with Gasteiger partial charge in [-0.25, -0.2) is 9.82 Å². The van der Waals surface area contributed by atoms with Gasteiger partial charge in [-0.2, -0.15) is 5.10 Å². The van der Waals surface area contributed by atoms with E-state index in [1.807, 2.05) is 0 Å². The van der Waals surface area contributed by atoms with Crippen LogP contribution in [0.15, 0.2) is 53.6 Å². The highest BCUT2D eigenvalue weighted by Gasteiger charge is 2.02. The van der Waals surface area contributed by atoms with Crippen LogP contribution in [0.25, 0.3) is 0 Å². The quantitative estimate of drug-likeness (QED) is 0.679. The molecule has 96 valence electrons. The van der Waals surface area contributed by atoms with Gasteiger partial charge in [-0.05, 0) is 42.0 Å². The first-order valence-corrected chi connectivity index (χ1v) is 5.87. The minimum Gasteiger partial charge on any atom is -0.267 e. The summed E-state index contributed by atoms with van der Waals surface area (Å²) in [5, 5.41) is 4.35. The summed E-state index contributed by atoms with van der Waals surface area (Å²) in [5.74, 6) is -0.655. The van der Waals surface area contributed by atoms with E-state index in [9.17, 15) is 9.18 Å². The zero-order chi connectivity index (χ0) is 13.7. The number of nitrogens with one attached hydrogen (secondary N) is 1. The molecule has 0 heterocycles. The van der Waals surface area contributed by atoms with Crippen LogP contribution < -0.4 is 5.43 Å². The molecule has 5 heteroatoms. The number of hydrazone groups is 1. The van der Waals surface area contributed by atoms with Crippen LogP contribution in [0.2, 0.25) is 5.02 Å². The van der Waals surface area contributed by atoms with Crippen molar-refractivity contribution in [2.75, 3.05) is 0 Å². The maximum Gasteiger partial charge on any atom is 0.271 e. The first kappa shape index (κ1) is 13.2. The van der Waals surface area contributed by atoms with E-state index >= 15 is 0 Å². The number of hydrogen-bond acceptors (Lipinski definition) is 2. The lowest BCUT2D eigenvalue weighted by Crippen LogP contribution is -2.17. The maximum atomic E-state index is 12.7. The lowest BCUT2D eigenvalue weighted by Gasteiger charge is -1.99. The number of carbonyl (C=O) groups is 1. The summed E-state index contributed by atoms with van der Waals surface area (Å²) in [6.07, 6.45) is 1.44. The highest BCUT2D eigenvalue weighted by atomic mass is 35.5. The smallest absolute Gasteiger partial charge is 0.267 e. The normalized spacial score (nSPS) is 10.6. The SMILES string of the molecule is O=C(N/N=C/c1ccc(F)cc1)c1ccc(Cl)cc1. The topological polar surface area (TPSA) is 41.5 Å². The number of carbonyl (C=O) groups excluding carboxylic acids is 1. The van der Waals surface area contributed by atoms with Gasteiger partial charge in [-0.1, -0.05) is 23.7 Å². The van der Waals surface area contributed by atoms with E-state index in [1.54, 1.807) is 36.4 Å². The third-order valence-electron chi connectivity index (χ3n) is 2.36. The molecular formula is C14H10ClFN2O.